The summed E-state index contributed by atoms with van der Waals surface area (Å²) in [5.74, 6) is 0. The van der Waals surface area contributed by atoms with E-state index < -0.39 is 0 Å². The molecule has 0 radical (unpaired) electrons. The maximum Gasteiger partial charge on any atom is 2.00 e. The van der Waals surface area contributed by atoms with E-state index in [0.717, 1.165) is 26.2 Å². The van der Waals surface area contributed by atoms with Crippen LogP contribution in [-0.4, -0.2) is 36.3 Å². The second kappa shape index (κ2) is 12.7. The molecule has 2 nitrogen and oxygen atoms in total. The molecule has 0 saturated heterocycles. The van der Waals surface area contributed by atoms with Crippen LogP contribution < -0.4 is 9.80 Å². The van der Waals surface area contributed by atoms with Crippen molar-refractivity contribution in [1.29, 1.82) is 0 Å². The van der Waals surface area contributed by atoms with Gasteiger partial charge in [0.1, 0.15) is 0 Å². The monoisotopic (exact) mass is 305 g/mol. The minimum atomic E-state index is 0. The van der Waals surface area contributed by atoms with Crippen molar-refractivity contribution in [1.82, 2.24) is 0 Å². The van der Waals surface area contributed by atoms with Crippen LogP contribution in [0.15, 0.2) is 48.5 Å². The molecule has 23 heavy (non-hydrogen) atoms. The van der Waals surface area contributed by atoms with Gasteiger partial charge < -0.3 is 9.80 Å². The molecule has 0 aliphatic heterocycles. The Balaban J connectivity index is 0.000000403. The second-order valence-electron chi connectivity index (χ2n) is 4.86. The van der Waals surface area contributed by atoms with Crippen molar-refractivity contribution in [2.75, 3.05) is 36.0 Å². The maximum absolute atomic E-state index is 3.01. The fourth-order valence-corrected chi connectivity index (χ4v) is 2.36. The summed E-state index contributed by atoms with van der Waals surface area (Å²) in [6, 6.07) is 22.2. The average molecular weight is 305 g/mol. The van der Waals surface area contributed by atoms with Crippen molar-refractivity contribution in [3.8, 4) is 0 Å². The Morgan fingerprint density at radius 2 is 0.870 bits per heavy atom. The zero-order valence-corrected chi connectivity index (χ0v) is 15.0. The SMILES string of the molecule is CCN(CC)c1cc[c-]cc1.CCN(CC)c1cc[c-]cc1.[Be+2]. The quantitative estimate of drug-likeness (QED) is 0.580. The molecule has 2 aromatic carbocycles. The van der Waals surface area contributed by atoms with Crippen molar-refractivity contribution in [2.24, 2.45) is 0 Å². The first-order valence-electron chi connectivity index (χ1n) is 8.18. The molecule has 0 atom stereocenters. The van der Waals surface area contributed by atoms with Gasteiger partial charge >= 0.3 is 10.1 Å². The molecule has 3 heteroatoms. The van der Waals surface area contributed by atoms with E-state index in [9.17, 15) is 0 Å². The van der Waals surface area contributed by atoms with Crippen LogP contribution in [0.5, 0.6) is 0 Å². The smallest absolute Gasteiger partial charge is 0.394 e. The summed E-state index contributed by atoms with van der Waals surface area (Å²) in [4.78, 5) is 4.63. The maximum atomic E-state index is 3.01. The van der Waals surface area contributed by atoms with E-state index in [1.54, 1.807) is 0 Å². The second-order valence-corrected chi connectivity index (χ2v) is 4.86. The van der Waals surface area contributed by atoms with Gasteiger partial charge in [-0.05, 0) is 27.7 Å². The summed E-state index contributed by atoms with van der Waals surface area (Å²) in [5.41, 5.74) is 2.57. The Bertz CT molecular complexity index is 432. The Kier molecular flexibility index (Phi) is 11.7. The first kappa shape index (κ1) is 21.2. The van der Waals surface area contributed by atoms with Gasteiger partial charge in [-0.25, -0.2) is 0 Å². The fourth-order valence-electron chi connectivity index (χ4n) is 2.36. The number of nitrogens with zero attached hydrogens (tertiary/aromatic N) is 2. The molecular formula is C20H28BeN2. The van der Waals surface area contributed by atoms with E-state index in [0.29, 0.717) is 0 Å². The van der Waals surface area contributed by atoms with Crippen LogP contribution >= 0.6 is 0 Å². The Morgan fingerprint density at radius 3 is 1.09 bits per heavy atom. The molecule has 0 aliphatic rings. The largest absolute Gasteiger partial charge is 2.00 e. The third-order valence-corrected chi connectivity index (χ3v) is 3.66. The van der Waals surface area contributed by atoms with Crippen LogP contribution in [0.3, 0.4) is 0 Å². The molecule has 2 rings (SSSR count). The topological polar surface area (TPSA) is 6.48 Å². The Hall–Kier alpha value is -1.79. The van der Waals surface area contributed by atoms with Crippen LogP contribution in [0.25, 0.3) is 0 Å². The molecule has 0 fully saturated rings. The molecule has 0 aromatic heterocycles. The van der Waals surface area contributed by atoms with Gasteiger partial charge in [0.25, 0.3) is 0 Å². The fraction of sp³-hybridized carbons (Fsp3) is 0.400. The molecule has 0 N–H and O–H groups in total. The van der Waals surface area contributed by atoms with E-state index in [4.69, 9.17) is 0 Å². The molecule has 2 aromatic rings. The molecule has 120 valence electrons. The number of rotatable bonds is 6. The van der Waals surface area contributed by atoms with Gasteiger partial charge in [-0.3, -0.25) is 0 Å². The van der Waals surface area contributed by atoms with Crippen molar-refractivity contribution in [3.05, 3.63) is 60.7 Å². The third-order valence-electron chi connectivity index (χ3n) is 3.66. The third kappa shape index (κ3) is 7.34. The minimum Gasteiger partial charge on any atom is -0.394 e. The summed E-state index contributed by atoms with van der Waals surface area (Å²) >= 11 is 0. The molecule has 0 spiro atoms. The van der Waals surface area contributed by atoms with Gasteiger partial charge in [0.2, 0.25) is 0 Å². The predicted molar refractivity (Wildman–Crippen MR) is 103 cm³/mol. The number of benzene rings is 2. The van der Waals surface area contributed by atoms with Crippen molar-refractivity contribution < 1.29 is 0 Å². The predicted octanol–water partition coefficient (Wildman–Crippen LogP) is 4.29. The van der Waals surface area contributed by atoms with E-state index in [-0.39, 0.29) is 10.1 Å². The summed E-state index contributed by atoms with van der Waals surface area (Å²) in [6.07, 6.45) is 0. The van der Waals surface area contributed by atoms with E-state index in [1.165, 1.54) is 11.4 Å². The van der Waals surface area contributed by atoms with Crippen molar-refractivity contribution in [2.45, 2.75) is 27.7 Å². The molecular weight excluding hydrogens is 277 g/mol. The number of anilines is 2. The van der Waals surface area contributed by atoms with Crippen LogP contribution in [-0.2, 0) is 0 Å². The molecule has 0 aliphatic carbocycles. The van der Waals surface area contributed by atoms with Gasteiger partial charge in [0.15, 0.2) is 0 Å². The van der Waals surface area contributed by atoms with E-state index >= 15 is 0 Å². The van der Waals surface area contributed by atoms with E-state index in [2.05, 4.69) is 73.9 Å². The molecule has 0 unspecified atom stereocenters. The van der Waals surface area contributed by atoms with Gasteiger partial charge in [-0.1, -0.05) is 11.4 Å². The Morgan fingerprint density at radius 1 is 0.609 bits per heavy atom. The molecule has 0 amide bonds. The van der Waals surface area contributed by atoms with Crippen LogP contribution in [0.2, 0.25) is 0 Å². The summed E-state index contributed by atoms with van der Waals surface area (Å²) in [7, 11) is 0. The van der Waals surface area contributed by atoms with Gasteiger partial charge in [-0.2, -0.15) is 36.4 Å². The minimum absolute atomic E-state index is 0. The van der Waals surface area contributed by atoms with Gasteiger partial charge in [0.05, 0.1) is 0 Å². The number of hydrogen-bond donors (Lipinski definition) is 0. The summed E-state index contributed by atoms with van der Waals surface area (Å²) < 4.78 is 0. The van der Waals surface area contributed by atoms with Crippen molar-refractivity contribution >= 4 is 21.5 Å². The zero-order valence-electron chi connectivity index (χ0n) is 15.0. The van der Waals surface area contributed by atoms with E-state index in [1.807, 2.05) is 24.3 Å². The molecule has 0 saturated carbocycles. The van der Waals surface area contributed by atoms with Crippen molar-refractivity contribution in [3.63, 3.8) is 0 Å². The normalized spacial score (nSPS) is 9.22. The van der Waals surface area contributed by atoms with Gasteiger partial charge in [-0.15, -0.1) is 24.3 Å². The van der Waals surface area contributed by atoms with Crippen LogP contribution in [0.1, 0.15) is 27.7 Å². The summed E-state index contributed by atoms with van der Waals surface area (Å²) in [5, 5.41) is 0. The van der Waals surface area contributed by atoms with Gasteiger partial charge in [0, 0.05) is 26.2 Å². The van der Waals surface area contributed by atoms with Crippen LogP contribution in [0.4, 0.5) is 11.4 Å². The first-order chi connectivity index (χ1) is 10.8. The number of hydrogen-bond acceptors (Lipinski definition) is 2. The average Bonchev–Trinajstić information content (AvgIpc) is 2.60. The standard InChI is InChI=1S/2C10H14N.Be/c2*1-3-11(4-2)10-8-6-5-7-9-10;/h2*6-9H,3-4H2,1-2H3;/q2*-1;+2. The molecule has 0 bridgehead atoms. The Labute approximate surface area is 146 Å². The van der Waals surface area contributed by atoms with Crippen LogP contribution in [0, 0.1) is 12.1 Å². The summed E-state index contributed by atoms with van der Waals surface area (Å²) in [6.45, 7) is 12.9. The first-order valence-corrected chi connectivity index (χ1v) is 8.18. The zero-order chi connectivity index (χ0) is 16.2. The molecule has 0 heterocycles.